The molecule has 0 amide bonds. The van der Waals surface area contributed by atoms with Crippen molar-refractivity contribution in [2.45, 2.75) is 24.0 Å². The number of carbonyl (C=O) groups is 1. The third-order valence-corrected chi connectivity index (χ3v) is 5.13. The van der Waals surface area contributed by atoms with Crippen LogP contribution in [0.3, 0.4) is 0 Å². The highest BCUT2D eigenvalue weighted by Gasteiger charge is 2.36. The summed E-state index contributed by atoms with van der Waals surface area (Å²) in [5, 5.41) is 7.60. The largest absolute Gasteiger partial charge is 0.480 e. The molecule has 94 valence electrons. The number of benzene rings is 1. The molecule has 0 aliphatic carbocycles. The Morgan fingerprint density at radius 2 is 1.94 bits per heavy atom. The van der Waals surface area contributed by atoms with Crippen LogP contribution in [0.15, 0.2) is 33.6 Å². The number of sulfone groups is 1. The zero-order valence-corrected chi connectivity index (χ0v) is 11.8. The third kappa shape index (κ3) is 3.07. The summed E-state index contributed by atoms with van der Waals surface area (Å²) in [4.78, 5) is 11.1. The van der Waals surface area contributed by atoms with Gasteiger partial charge in [-0.25, -0.2) is 8.42 Å². The second kappa shape index (κ2) is 5.18. The van der Waals surface area contributed by atoms with Crippen LogP contribution in [0.25, 0.3) is 0 Å². The molecular weight excluding hydrogens is 308 g/mol. The summed E-state index contributed by atoms with van der Waals surface area (Å²) in [7, 11) is -3.85. The van der Waals surface area contributed by atoms with Crippen molar-refractivity contribution >= 4 is 31.7 Å². The van der Waals surface area contributed by atoms with Crippen molar-refractivity contribution < 1.29 is 18.3 Å². The molecule has 6 heteroatoms. The molecule has 1 aromatic rings. The highest BCUT2D eigenvalue weighted by molar-refractivity contribution is 9.10. The lowest BCUT2D eigenvalue weighted by atomic mass is 10.1. The lowest BCUT2D eigenvalue weighted by molar-refractivity contribution is -0.137. The summed E-state index contributed by atoms with van der Waals surface area (Å²) in [5.41, 5.74) is 0. The topological polar surface area (TPSA) is 71.4 Å². The fourth-order valence-corrected chi connectivity index (χ4v) is 3.95. The molecule has 0 radical (unpaired) electrons. The van der Waals surface area contributed by atoms with Crippen LogP contribution in [-0.2, 0) is 14.6 Å². The predicted octanol–water partition coefficient (Wildman–Crippen LogP) is 2.33. The van der Waals surface area contributed by atoms with E-state index in [1.54, 1.807) is 26.0 Å². The molecule has 0 aromatic heterocycles. The number of hydrogen-bond donors (Lipinski definition) is 1. The van der Waals surface area contributed by atoms with E-state index in [4.69, 9.17) is 5.11 Å². The van der Waals surface area contributed by atoms with Crippen molar-refractivity contribution in [1.82, 2.24) is 0 Å². The molecular formula is C11H13BrO4S. The zero-order valence-electron chi connectivity index (χ0n) is 9.42. The van der Waals surface area contributed by atoms with Crippen molar-refractivity contribution in [2.75, 3.05) is 0 Å². The van der Waals surface area contributed by atoms with Crippen molar-refractivity contribution in [3.63, 3.8) is 0 Å². The quantitative estimate of drug-likeness (QED) is 0.924. The molecule has 0 spiro atoms. The Kier molecular flexibility index (Phi) is 4.32. The van der Waals surface area contributed by atoms with Gasteiger partial charge in [-0.05, 0) is 24.1 Å². The minimum atomic E-state index is -3.85. The minimum Gasteiger partial charge on any atom is -0.480 e. The maximum Gasteiger partial charge on any atom is 0.322 e. The molecule has 0 aliphatic rings. The van der Waals surface area contributed by atoms with Crippen LogP contribution in [0.4, 0.5) is 0 Å². The molecule has 0 aliphatic heterocycles. The monoisotopic (exact) mass is 320 g/mol. The smallest absolute Gasteiger partial charge is 0.322 e. The van der Waals surface area contributed by atoms with Crippen molar-refractivity contribution in [3.8, 4) is 0 Å². The summed E-state index contributed by atoms with van der Waals surface area (Å²) in [5.74, 6) is -1.81. The van der Waals surface area contributed by atoms with Gasteiger partial charge in [-0.3, -0.25) is 4.79 Å². The average Bonchev–Trinajstić information content (AvgIpc) is 2.15. The summed E-state index contributed by atoms with van der Waals surface area (Å²) in [6, 6.07) is 6.06. The van der Waals surface area contributed by atoms with E-state index in [1.165, 1.54) is 12.1 Å². The van der Waals surface area contributed by atoms with Gasteiger partial charge in [0.1, 0.15) is 0 Å². The average molecular weight is 321 g/mol. The number of halogens is 1. The fourth-order valence-electron chi connectivity index (χ4n) is 1.57. The van der Waals surface area contributed by atoms with Gasteiger partial charge >= 0.3 is 5.97 Å². The van der Waals surface area contributed by atoms with E-state index in [1.807, 2.05) is 0 Å². The summed E-state index contributed by atoms with van der Waals surface area (Å²) in [6.07, 6.45) is 0. The molecule has 1 N–H and O–H groups in total. The van der Waals surface area contributed by atoms with Gasteiger partial charge in [0, 0.05) is 4.47 Å². The third-order valence-electron chi connectivity index (χ3n) is 2.31. The first-order valence-electron chi connectivity index (χ1n) is 4.99. The van der Waals surface area contributed by atoms with Crippen molar-refractivity contribution in [1.29, 1.82) is 0 Å². The minimum absolute atomic E-state index is 0.0213. The highest BCUT2D eigenvalue weighted by Crippen LogP contribution is 2.24. The molecule has 0 heterocycles. The molecule has 1 aromatic carbocycles. The first-order valence-corrected chi connectivity index (χ1v) is 7.33. The lowest BCUT2D eigenvalue weighted by Crippen LogP contribution is -2.35. The van der Waals surface area contributed by atoms with Gasteiger partial charge in [-0.1, -0.05) is 35.8 Å². The molecule has 0 saturated heterocycles. The molecule has 1 atom stereocenters. The number of aliphatic carboxylic acids is 1. The number of rotatable bonds is 4. The standard InChI is InChI=1S/C11H13BrO4S/c1-7(2)10(11(13)14)17(15,16)9-5-3-4-8(12)6-9/h3-7,10H,1-2H3,(H,13,14). The van der Waals surface area contributed by atoms with E-state index in [0.29, 0.717) is 4.47 Å². The Balaban J connectivity index is 3.31. The van der Waals surface area contributed by atoms with Crippen LogP contribution < -0.4 is 0 Å². The first-order chi connectivity index (χ1) is 7.76. The van der Waals surface area contributed by atoms with Crippen LogP contribution in [-0.4, -0.2) is 24.7 Å². The number of carboxylic acid groups (broad SMARTS) is 1. The van der Waals surface area contributed by atoms with Gasteiger partial charge < -0.3 is 5.11 Å². The van der Waals surface area contributed by atoms with Crippen LogP contribution in [0.1, 0.15) is 13.8 Å². The zero-order chi connectivity index (χ0) is 13.2. The van der Waals surface area contributed by atoms with Gasteiger partial charge in [0.25, 0.3) is 0 Å². The van der Waals surface area contributed by atoms with Gasteiger partial charge in [-0.2, -0.15) is 0 Å². The Hall–Kier alpha value is -0.880. The van der Waals surface area contributed by atoms with Crippen molar-refractivity contribution in [3.05, 3.63) is 28.7 Å². The predicted molar refractivity (Wildman–Crippen MR) is 67.6 cm³/mol. The van der Waals surface area contributed by atoms with E-state index in [0.717, 1.165) is 0 Å². The molecule has 0 bridgehead atoms. The van der Waals surface area contributed by atoms with Gasteiger partial charge in [0.05, 0.1) is 4.90 Å². The number of carboxylic acids is 1. The van der Waals surface area contributed by atoms with Crippen molar-refractivity contribution in [2.24, 2.45) is 5.92 Å². The molecule has 4 nitrogen and oxygen atoms in total. The van der Waals surface area contributed by atoms with Gasteiger partial charge in [0.15, 0.2) is 15.1 Å². The molecule has 0 saturated carbocycles. The van der Waals surface area contributed by atoms with E-state index in [-0.39, 0.29) is 4.90 Å². The van der Waals surface area contributed by atoms with Crippen LogP contribution in [0.5, 0.6) is 0 Å². The lowest BCUT2D eigenvalue weighted by Gasteiger charge is -2.16. The Morgan fingerprint density at radius 1 is 1.35 bits per heavy atom. The van der Waals surface area contributed by atoms with E-state index in [9.17, 15) is 13.2 Å². The fraction of sp³-hybridized carbons (Fsp3) is 0.364. The van der Waals surface area contributed by atoms with Crippen LogP contribution in [0, 0.1) is 5.92 Å². The summed E-state index contributed by atoms with van der Waals surface area (Å²) in [6.45, 7) is 3.16. The number of hydrogen-bond acceptors (Lipinski definition) is 3. The summed E-state index contributed by atoms with van der Waals surface area (Å²) < 4.78 is 24.9. The molecule has 17 heavy (non-hydrogen) atoms. The van der Waals surface area contributed by atoms with E-state index >= 15 is 0 Å². The molecule has 1 rings (SSSR count). The highest BCUT2D eigenvalue weighted by atomic mass is 79.9. The second-order valence-electron chi connectivity index (χ2n) is 4.01. The van der Waals surface area contributed by atoms with Gasteiger partial charge in [-0.15, -0.1) is 0 Å². The maximum absolute atomic E-state index is 12.2. The van der Waals surface area contributed by atoms with E-state index < -0.39 is 27.0 Å². The first kappa shape index (κ1) is 14.2. The SMILES string of the molecule is CC(C)C(C(=O)O)S(=O)(=O)c1cccc(Br)c1. The Bertz CT molecular complexity index is 522. The van der Waals surface area contributed by atoms with Crippen LogP contribution >= 0.6 is 15.9 Å². The maximum atomic E-state index is 12.2. The molecule has 0 fully saturated rings. The van der Waals surface area contributed by atoms with Crippen LogP contribution in [0.2, 0.25) is 0 Å². The molecule has 1 unspecified atom stereocenters. The summed E-state index contributed by atoms with van der Waals surface area (Å²) >= 11 is 3.17. The van der Waals surface area contributed by atoms with Gasteiger partial charge in [0.2, 0.25) is 0 Å². The van der Waals surface area contributed by atoms with E-state index in [2.05, 4.69) is 15.9 Å². The Labute approximate surface area is 109 Å². The Morgan fingerprint density at radius 3 is 2.35 bits per heavy atom. The normalized spacial score (nSPS) is 13.6. The second-order valence-corrected chi connectivity index (χ2v) is 6.99.